The molecule has 0 aromatic carbocycles. The van der Waals surface area contributed by atoms with Crippen molar-refractivity contribution >= 4 is 16.8 Å². The average Bonchev–Trinajstić information content (AvgIpc) is 1.65. The molecule has 0 spiro atoms. The Morgan fingerprint density at radius 3 is 1.88 bits per heavy atom. The fraction of sp³-hybridized carbons (Fsp3) is 0.800. The smallest absolute Gasteiger partial charge is 0.244 e. The maximum atomic E-state index is 5.64. The number of nitrogens with zero attached hydrogens (tertiary/aromatic N) is 1. The van der Waals surface area contributed by atoms with Gasteiger partial charge in [-0.3, -0.25) is 0 Å². The lowest BCUT2D eigenvalue weighted by atomic mass is 10.5. The first-order valence-corrected chi connectivity index (χ1v) is 2.75. The van der Waals surface area contributed by atoms with Crippen LogP contribution >= 0.6 is 11.6 Å². The van der Waals surface area contributed by atoms with E-state index in [1.165, 1.54) is 0 Å². The van der Waals surface area contributed by atoms with Crippen molar-refractivity contribution in [2.45, 2.75) is 13.3 Å². The van der Waals surface area contributed by atoms with Gasteiger partial charge in [-0.25, -0.2) is 4.58 Å². The largest absolute Gasteiger partial charge is 1.00 e. The van der Waals surface area contributed by atoms with Gasteiger partial charge in [0, 0.05) is 6.42 Å². The Morgan fingerprint density at radius 2 is 1.88 bits per heavy atom. The lowest BCUT2D eigenvalue weighted by Crippen LogP contribution is -3.00. The lowest BCUT2D eigenvalue weighted by Gasteiger charge is -1.85. The first-order chi connectivity index (χ1) is 3.18. The molecule has 0 bridgehead atoms. The maximum Gasteiger partial charge on any atom is 0.244 e. The minimum atomic E-state index is 0. The molecule has 50 valence electrons. The molecule has 0 amide bonds. The van der Waals surface area contributed by atoms with Crippen molar-refractivity contribution < 1.29 is 17.0 Å². The maximum absolute atomic E-state index is 5.64. The predicted molar refractivity (Wildman–Crippen MR) is 33.3 cm³/mol. The Hall–Kier alpha value is 0.250. The van der Waals surface area contributed by atoms with Crippen molar-refractivity contribution in [3.05, 3.63) is 0 Å². The quantitative estimate of drug-likeness (QED) is 0.315. The normalized spacial score (nSPS) is 7.50. The third kappa shape index (κ3) is 4.41. The van der Waals surface area contributed by atoms with E-state index in [-0.39, 0.29) is 12.4 Å². The van der Waals surface area contributed by atoms with Crippen molar-refractivity contribution in [1.29, 1.82) is 0 Å². The van der Waals surface area contributed by atoms with E-state index in [1.54, 1.807) is 0 Å². The first-order valence-electron chi connectivity index (χ1n) is 2.37. The third-order valence-corrected chi connectivity index (χ3v) is 1.38. The van der Waals surface area contributed by atoms with Gasteiger partial charge in [0.15, 0.2) is 0 Å². The molecule has 0 rings (SSSR count). The Kier molecular flexibility index (Phi) is 7.48. The van der Waals surface area contributed by atoms with E-state index >= 15 is 0 Å². The Labute approximate surface area is 61.8 Å². The van der Waals surface area contributed by atoms with Crippen LogP contribution < -0.4 is 12.4 Å². The van der Waals surface area contributed by atoms with E-state index < -0.39 is 0 Å². The highest BCUT2D eigenvalue weighted by Crippen LogP contribution is 1.86. The zero-order chi connectivity index (χ0) is 5.86. The highest BCUT2D eigenvalue weighted by molar-refractivity contribution is 6.63. The minimum Gasteiger partial charge on any atom is -1.00 e. The summed E-state index contributed by atoms with van der Waals surface area (Å²) in [5, 5.41) is 0.903. The molecule has 0 unspecified atom stereocenters. The molecule has 0 heterocycles. The summed E-state index contributed by atoms with van der Waals surface area (Å²) < 4.78 is 1.90. The fourth-order valence-corrected chi connectivity index (χ4v) is 0.316. The van der Waals surface area contributed by atoms with E-state index in [9.17, 15) is 0 Å². The van der Waals surface area contributed by atoms with Crippen molar-refractivity contribution in [2.75, 3.05) is 14.1 Å². The van der Waals surface area contributed by atoms with Crippen LogP contribution in [0.15, 0.2) is 0 Å². The molecule has 0 N–H and O–H groups in total. The average molecular weight is 156 g/mol. The zero-order valence-electron chi connectivity index (χ0n) is 5.41. The minimum absolute atomic E-state index is 0. The molecule has 0 aliphatic rings. The molecule has 0 aromatic rings. The first kappa shape index (κ1) is 11.1. The van der Waals surface area contributed by atoms with Crippen LogP contribution in [0.3, 0.4) is 0 Å². The summed E-state index contributed by atoms with van der Waals surface area (Å²) in [5.74, 6) is 0. The van der Waals surface area contributed by atoms with Crippen LogP contribution in [0, 0.1) is 0 Å². The highest BCUT2D eigenvalue weighted by atomic mass is 35.5. The van der Waals surface area contributed by atoms with Gasteiger partial charge in [0.1, 0.15) is 14.1 Å². The number of halogens is 2. The molecule has 0 saturated heterocycles. The Morgan fingerprint density at radius 1 is 1.50 bits per heavy atom. The van der Waals surface area contributed by atoms with Crippen LogP contribution in [0.25, 0.3) is 0 Å². The number of hydrogen-bond donors (Lipinski definition) is 0. The third-order valence-electron chi connectivity index (χ3n) is 0.777. The van der Waals surface area contributed by atoms with Crippen LogP contribution in [0.4, 0.5) is 0 Å². The summed E-state index contributed by atoms with van der Waals surface area (Å²) in [6, 6.07) is 0. The van der Waals surface area contributed by atoms with Crippen LogP contribution in [0.1, 0.15) is 13.3 Å². The second-order valence-electron chi connectivity index (χ2n) is 1.62. The summed E-state index contributed by atoms with van der Waals surface area (Å²) in [6.45, 7) is 2.03. The van der Waals surface area contributed by atoms with E-state index in [2.05, 4.69) is 0 Å². The van der Waals surface area contributed by atoms with Crippen LogP contribution in [0.5, 0.6) is 0 Å². The summed E-state index contributed by atoms with van der Waals surface area (Å²) in [6.07, 6.45) is 0.925. The number of hydrogen-bond acceptors (Lipinski definition) is 0. The van der Waals surface area contributed by atoms with Crippen molar-refractivity contribution in [2.24, 2.45) is 0 Å². The molecule has 0 saturated carbocycles. The van der Waals surface area contributed by atoms with E-state index in [0.717, 1.165) is 11.6 Å². The highest BCUT2D eigenvalue weighted by Gasteiger charge is 1.94. The molecule has 0 aliphatic carbocycles. The van der Waals surface area contributed by atoms with Crippen LogP contribution in [-0.2, 0) is 0 Å². The Bertz CT molecular complexity index is 84.4. The van der Waals surface area contributed by atoms with Gasteiger partial charge in [0.2, 0.25) is 5.17 Å². The van der Waals surface area contributed by atoms with Gasteiger partial charge in [0.25, 0.3) is 0 Å². The number of rotatable bonds is 1. The molecule has 8 heavy (non-hydrogen) atoms. The SMILES string of the molecule is CCC(Cl)=[N+](C)C.[Cl-]. The van der Waals surface area contributed by atoms with E-state index in [1.807, 2.05) is 25.6 Å². The molecular weight excluding hydrogens is 145 g/mol. The molecule has 0 aliphatic heterocycles. The van der Waals surface area contributed by atoms with Gasteiger partial charge in [-0.05, 0) is 11.6 Å². The second kappa shape index (κ2) is 5.39. The summed E-state index contributed by atoms with van der Waals surface area (Å²) in [4.78, 5) is 0. The summed E-state index contributed by atoms with van der Waals surface area (Å²) in [5.41, 5.74) is 0. The van der Waals surface area contributed by atoms with Gasteiger partial charge in [-0.2, -0.15) is 0 Å². The molecule has 0 radical (unpaired) electrons. The predicted octanol–water partition coefficient (Wildman–Crippen LogP) is -1.69. The van der Waals surface area contributed by atoms with Crippen molar-refractivity contribution in [3.8, 4) is 0 Å². The molecule has 1 nitrogen and oxygen atoms in total. The van der Waals surface area contributed by atoms with Gasteiger partial charge in [0.05, 0.1) is 0 Å². The summed E-state index contributed by atoms with van der Waals surface area (Å²) >= 11 is 5.64. The van der Waals surface area contributed by atoms with Gasteiger partial charge in [-0.15, -0.1) is 0 Å². The molecular formula is C5H11Cl2N. The van der Waals surface area contributed by atoms with Crippen LogP contribution in [0.2, 0.25) is 0 Å². The van der Waals surface area contributed by atoms with Gasteiger partial charge >= 0.3 is 0 Å². The molecule has 3 heteroatoms. The molecule has 0 atom stereocenters. The lowest BCUT2D eigenvalue weighted by molar-refractivity contribution is -0.463. The van der Waals surface area contributed by atoms with E-state index in [4.69, 9.17) is 11.6 Å². The monoisotopic (exact) mass is 155 g/mol. The second-order valence-corrected chi connectivity index (χ2v) is 2.06. The van der Waals surface area contributed by atoms with Crippen molar-refractivity contribution in [1.82, 2.24) is 0 Å². The van der Waals surface area contributed by atoms with Crippen molar-refractivity contribution in [3.63, 3.8) is 0 Å². The summed E-state index contributed by atoms with van der Waals surface area (Å²) in [7, 11) is 3.87. The Balaban J connectivity index is 0. The molecule has 0 fully saturated rings. The van der Waals surface area contributed by atoms with Crippen LogP contribution in [-0.4, -0.2) is 23.8 Å². The molecule has 0 aromatic heterocycles. The zero-order valence-corrected chi connectivity index (χ0v) is 6.92. The van der Waals surface area contributed by atoms with Gasteiger partial charge in [-0.1, -0.05) is 6.92 Å². The topological polar surface area (TPSA) is 3.01 Å². The fourth-order valence-electron chi connectivity index (χ4n) is 0.316. The van der Waals surface area contributed by atoms with E-state index in [0.29, 0.717) is 0 Å². The standard InChI is InChI=1S/C5H11ClN.ClH/c1-4-5(6)7(2)3;/h4H2,1-3H3;1H/q+1;/p-1. The van der Waals surface area contributed by atoms with Gasteiger partial charge < -0.3 is 12.4 Å².